The molecule has 0 aromatic heterocycles. The molecule has 1 aromatic rings. The van der Waals surface area contributed by atoms with Crippen LogP contribution < -0.4 is 14.8 Å². The Morgan fingerprint density at radius 3 is 2.62 bits per heavy atom. The van der Waals surface area contributed by atoms with Crippen molar-refractivity contribution in [1.29, 1.82) is 5.26 Å². The van der Waals surface area contributed by atoms with Crippen molar-refractivity contribution in [2.45, 2.75) is 31.7 Å². The highest BCUT2D eigenvalue weighted by molar-refractivity contribution is 6.02. The summed E-state index contributed by atoms with van der Waals surface area (Å²) in [4.78, 5) is 22.9. The van der Waals surface area contributed by atoms with E-state index in [-0.39, 0.29) is 35.4 Å². The van der Waals surface area contributed by atoms with Crippen LogP contribution >= 0.6 is 0 Å². The highest BCUT2D eigenvalue weighted by Gasteiger charge is 2.24. The maximum atomic E-state index is 12.2. The molecule has 1 amide bonds. The molecule has 0 atom stereocenters. The van der Waals surface area contributed by atoms with Gasteiger partial charge in [-0.3, -0.25) is 14.9 Å². The van der Waals surface area contributed by atoms with Gasteiger partial charge in [-0.15, -0.1) is 0 Å². The minimum absolute atomic E-state index is 0.0209. The summed E-state index contributed by atoms with van der Waals surface area (Å²) in [6, 6.07) is 4.51. The first-order valence-corrected chi connectivity index (χ1v) is 7.59. The number of carbonyl (C=O) groups excluding carboxylic acids is 1. The van der Waals surface area contributed by atoms with Crippen molar-refractivity contribution in [2.24, 2.45) is 0 Å². The lowest BCUT2D eigenvalue weighted by atomic mass is 10.1. The Kier molecular flexibility index (Phi) is 4.33. The van der Waals surface area contributed by atoms with Gasteiger partial charge in [0.15, 0.2) is 11.5 Å². The lowest BCUT2D eigenvalue weighted by Crippen LogP contribution is -2.33. The van der Waals surface area contributed by atoms with Gasteiger partial charge in [0.2, 0.25) is 6.79 Å². The standard InChI is InChI=1S/C16H15N3O5/c17-8-11(16(20)18-12-3-1-2-4-12)5-10-6-14-15(24-9-23-14)7-13(10)19(21)22/h5-7,12H,1-4,9H2,(H,18,20). The topological polar surface area (TPSA) is 114 Å². The zero-order valence-electron chi connectivity index (χ0n) is 12.8. The third kappa shape index (κ3) is 3.15. The number of ether oxygens (including phenoxy) is 2. The minimum atomic E-state index is -0.586. The molecule has 0 saturated heterocycles. The lowest BCUT2D eigenvalue weighted by Gasteiger charge is -2.11. The summed E-state index contributed by atoms with van der Waals surface area (Å²) in [6.07, 6.45) is 5.07. The van der Waals surface area contributed by atoms with Gasteiger partial charge in [0, 0.05) is 6.04 Å². The maximum absolute atomic E-state index is 12.2. The second-order valence-electron chi connectivity index (χ2n) is 5.65. The van der Waals surface area contributed by atoms with E-state index in [0.29, 0.717) is 5.75 Å². The number of hydrogen-bond acceptors (Lipinski definition) is 6. The Labute approximate surface area is 137 Å². The van der Waals surface area contributed by atoms with Gasteiger partial charge in [-0.05, 0) is 25.0 Å². The number of hydrogen-bond donors (Lipinski definition) is 1. The molecule has 8 nitrogen and oxygen atoms in total. The Morgan fingerprint density at radius 1 is 1.33 bits per heavy atom. The van der Waals surface area contributed by atoms with E-state index in [2.05, 4.69) is 5.32 Å². The molecule has 0 unspecified atom stereocenters. The Hall–Kier alpha value is -3.08. The number of rotatable bonds is 4. The fourth-order valence-corrected chi connectivity index (χ4v) is 2.86. The maximum Gasteiger partial charge on any atom is 0.280 e. The number of carbonyl (C=O) groups is 1. The van der Waals surface area contributed by atoms with Gasteiger partial charge in [-0.2, -0.15) is 5.26 Å². The van der Waals surface area contributed by atoms with E-state index >= 15 is 0 Å². The molecule has 1 N–H and O–H groups in total. The van der Waals surface area contributed by atoms with Crippen molar-refractivity contribution in [3.63, 3.8) is 0 Å². The van der Waals surface area contributed by atoms with Crippen LogP contribution in [0.25, 0.3) is 6.08 Å². The predicted octanol–water partition coefficient (Wildman–Crippen LogP) is 2.29. The van der Waals surface area contributed by atoms with Crippen LogP contribution in [0.15, 0.2) is 17.7 Å². The molecule has 1 fully saturated rings. The molecular formula is C16H15N3O5. The van der Waals surface area contributed by atoms with Crippen molar-refractivity contribution in [1.82, 2.24) is 5.32 Å². The summed E-state index contributed by atoms with van der Waals surface area (Å²) in [7, 11) is 0. The van der Waals surface area contributed by atoms with Crippen molar-refractivity contribution in [2.75, 3.05) is 6.79 Å². The number of nitrogens with one attached hydrogen (secondary N) is 1. The van der Waals surface area contributed by atoms with Crippen molar-refractivity contribution >= 4 is 17.7 Å². The number of nitriles is 1. The second kappa shape index (κ2) is 6.58. The second-order valence-corrected chi connectivity index (χ2v) is 5.65. The number of amides is 1. The summed E-state index contributed by atoms with van der Waals surface area (Å²) in [6.45, 7) is -0.0209. The molecule has 3 rings (SSSR count). The van der Waals surface area contributed by atoms with Gasteiger partial charge in [0.1, 0.15) is 11.6 Å². The molecule has 1 aromatic carbocycles. The van der Waals surface area contributed by atoms with Crippen LogP contribution in [0.5, 0.6) is 11.5 Å². The van der Waals surface area contributed by atoms with Crippen LogP contribution in [0.1, 0.15) is 31.2 Å². The van der Waals surface area contributed by atoms with Crippen LogP contribution in [0.3, 0.4) is 0 Å². The number of benzene rings is 1. The van der Waals surface area contributed by atoms with Crippen molar-refractivity contribution in [3.05, 3.63) is 33.4 Å². The van der Waals surface area contributed by atoms with Gasteiger partial charge in [-0.1, -0.05) is 12.8 Å². The Morgan fingerprint density at radius 2 is 2.00 bits per heavy atom. The van der Waals surface area contributed by atoms with Crippen LogP contribution in [0, 0.1) is 21.4 Å². The van der Waals surface area contributed by atoms with Crippen LogP contribution in [0.4, 0.5) is 5.69 Å². The highest BCUT2D eigenvalue weighted by Crippen LogP contribution is 2.38. The third-order valence-electron chi connectivity index (χ3n) is 4.07. The molecule has 1 heterocycles. The molecule has 124 valence electrons. The zero-order chi connectivity index (χ0) is 17.1. The molecule has 1 aliphatic carbocycles. The summed E-state index contributed by atoms with van der Waals surface area (Å²) in [5.74, 6) is 0.101. The average Bonchev–Trinajstić information content (AvgIpc) is 3.22. The molecule has 8 heteroatoms. The van der Waals surface area contributed by atoms with E-state index in [1.807, 2.05) is 6.07 Å². The van der Waals surface area contributed by atoms with Crippen molar-refractivity contribution < 1.29 is 19.2 Å². The van der Waals surface area contributed by atoms with E-state index in [1.54, 1.807) is 0 Å². The SMILES string of the molecule is N#CC(=Cc1cc2c(cc1[N+](=O)[O-])OCO2)C(=O)NC1CCCC1. The monoisotopic (exact) mass is 329 g/mol. The highest BCUT2D eigenvalue weighted by atomic mass is 16.7. The summed E-state index contributed by atoms with van der Waals surface area (Å²) >= 11 is 0. The summed E-state index contributed by atoms with van der Waals surface area (Å²) in [5, 5.41) is 23.3. The molecule has 1 saturated carbocycles. The molecule has 1 aliphatic heterocycles. The number of nitrogens with zero attached hydrogens (tertiary/aromatic N) is 2. The molecule has 0 radical (unpaired) electrons. The molecule has 2 aliphatic rings. The van der Waals surface area contributed by atoms with Gasteiger partial charge < -0.3 is 14.8 Å². The summed E-state index contributed by atoms with van der Waals surface area (Å²) < 4.78 is 10.3. The normalized spacial score (nSPS) is 16.7. The van der Waals surface area contributed by atoms with E-state index in [9.17, 15) is 20.2 Å². The Bertz CT molecular complexity index is 760. The quantitative estimate of drug-likeness (QED) is 0.392. The van der Waals surface area contributed by atoms with Crippen LogP contribution in [-0.4, -0.2) is 23.7 Å². The zero-order valence-corrected chi connectivity index (χ0v) is 12.8. The van der Waals surface area contributed by atoms with E-state index in [0.717, 1.165) is 25.7 Å². The Balaban J connectivity index is 1.91. The minimum Gasteiger partial charge on any atom is -0.454 e. The largest absolute Gasteiger partial charge is 0.454 e. The molecule has 0 spiro atoms. The fourth-order valence-electron chi connectivity index (χ4n) is 2.86. The average molecular weight is 329 g/mol. The van der Waals surface area contributed by atoms with Crippen molar-refractivity contribution in [3.8, 4) is 17.6 Å². The predicted molar refractivity (Wildman–Crippen MR) is 83.2 cm³/mol. The van der Waals surface area contributed by atoms with Crippen LogP contribution in [-0.2, 0) is 4.79 Å². The van der Waals surface area contributed by atoms with Gasteiger partial charge >= 0.3 is 0 Å². The van der Waals surface area contributed by atoms with Crippen LogP contribution in [0.2, 0.25) is 0 Å². The third-order valence-corrected chi connectivity index (χ3v) is 4.07. The molecule has 0 bridgehead atoms. The fraction of sp³-hybridized carbons (Fsp3) is 0.375. The smallest absolute Gasteiger partial charge is 0.280 e. The number of fused-ring (bicyclic) bond motifs is 1. The number of nitro benzene ring substituents is 1. The number of nitro groups is 1. The lowest BCUT2D eigenvalue weighted by molar-refractivity contribution is -0.385. The van der Waals surface area contributed by atoms with E-state index < -0.39 is 10.8 Å². The first kappa shape index (κ1) is 15.8. The van der Waals surface area contributed by atoms with E-state index in [1.165, 1.54) is 18.2 Å². The van der Waals surface area contributed by atoms with Gasteiger partial charge in [-0.25, -0.2) is 0 Å². The van der Waals surface area contributed by atoms with Gasteiger partial charge in [0.25, 0.3) is 11.6 Å². The van der Waals surface area contributed by atoms with Gasteiger partial charge in [0.05, 0.1) is 16.6 Å². The summed E-state index contributed by atoms with van der Waals surface area (Å²) in [5.41, 5.74) is -0.299. The first-order valence-electron chi connectivity index (χ1n) is 7.59. The van der Waals surface area contributed by atoms with E-state index in [4.69, 9.17) is 9.47 Å². The molecular weight excluding hydrogens is 314 g/mol. The molecule has 24 heavy (non-hydrogen) atoms. The first-order chi connectivity index (χ1) is 11.6.